The van der Waals surface area contributed by atoms with Crippen LogP contribution in [0.1, 0.15) is 293 Å². The van der Waals surface area contributed by atoms with Crippen LogP contribution in [-0.4, -0.2) is 4.70 Å². The van der Waals surface area contributed by atoms with E-state index in [2.05, 4.69) is 106 Å². The molecule has 0 saturated heterocycles. The molecule has 0 bridgehead atoms. The number of unbranched alkanes of at least 4 members (excludes halogenated alkanes) is 28. The normalized spacial score (nSPS) is 12.3. The molecule has 374 valence electrons. The number of rotatable bonds is 36. The first-order valence-electron chi connectivity index (χ1n) is 28.0. The Balaban J connectivity index is 0.00000124. The maximum absolute atomic E-state index is 11.8. The van der Waals surface area contributed by atoms with E-state index in [1.807, 2.05) is 0 Å². The van der Waals surface area contributed by atoms with E-state index in [9.17, 15) is 5.53 Å². The zero-order valence-corrected chi connectivity index (χ0v) is 45.5. The number of nitrogens with zero attached hydrogens (tertiary/aromatic N) is 2. The Bertz CT molecular complexity index is 1420. The number of hydrogen-bond donors (Lipinski definition) is 0. The zero-order valence-electron chi connectivity index (χ0n) is 44.5. The summed E-state index contributed by atoms with van der Waals surface area (Å²) < 4.78 is 1.53. The average Bonchev–Trinajstić information content (AvgIpc) is 3.53. The van der Waals surface area contributed by atoms with Crippen LogP contribution in [0.5, 0.6) is 0 Å². The summed E-state index contributed by atoms with van der Waals surface area (Å²) in [5.41, 5.74) is 24.0. The molecule has 0 amide bonds. The van der Waals surface area contributed by atoms with Crippen molar-refractivity contribution in [2.45, 2.75) is 287 Å². The summed E-state index contributed by atoms with van der Waals surface area (Å²) in [6, 6.07) is 13.8. The minimum atomic E-state index is 0. The number of aryl methyl sites for hydroxylation is 4. The van der Waals surface area contributed by atoms with Gasteiger partial charge >= 0.3 is 16.5 Å². The molecule has 0 fully saturated rings. The summed E-state index contributed by atoms with van der Waals surface area (Å²) in [7, 11) is 0. The summed E-state index contributed by atoms with van der Waals surface area (Å²) in [5.74, 6) is 0. The van der Waals surface area contributed by atoms with Crippen molar-refractivity contribution in [3.05, 3.63) is 100 Å². The van der Waals surface area contributed by atoms with Gasteiger partial charge in [0.05, 0.1) is 0 Å². The maximum atomic E-state index is 11.8. The van der Waals surface area contributed by atoms with Crippen molar-refractivity contribution in [1.29, 1.82) is 0 Å². The Morgan fingerprint density at radius 2 is 0.677 bits per heavy atom. The first-order chi connectivity index (χ1) is 31.2. The molecule has 2 aromatic carbocycles. The number of allylic oxidation sites excluding steroid dienone is 2. The molecule has 3 rings (SSSR count). The molecule has 0 unspecified atom stereocenters. The van der Waals surface area contributed by atoms with Gasteiger partial charge in [0, 0.05) is 22.3 Å². The maximum Gasteiger partial charge on any atom is 2.00 e. The van der Waals surface area contributed by atoms with Crippen molar-refractivity contribution in [2.75, 3.05) is 0 Å². The predicted molar refractivity (Wildman–Crippen MR) is 289 cm³/mol. The molecule has 1 heterocycles. The Morgan fingerprint density at radius 3 is 1.05 bits per heavy atom. The Morgan fingerprint density at radius 1 is 0.369 bits per heavy atom. The van der Waals surface area contributed by atoms with Gasteiger partial charge in [-0.05, 0) is 94.7 Å². The van der Waals surface area contributed by atoms with Crippen molar-refractivity contribution in [3.8, 4) is 0 Å². The van der Waals surface area contributed by atoms with Crippen LogP contribution in [0.15, 0.2) is 47.5 Å². The summed E-state index contributed by atoms with van der Waals surface area (Å²) >= 11 is 0. The van der Waals surface area contributed by atoms with E-state index < -0.39 is 0 Å². The molecule has 2 nitrogen and oxygen atoms in total. The summed E-state index contributed by atoms with van der Waals surface area (Å²) in [4.78, 5) is 0. The molecule has 0 aliphatic carbocycles. The van der Waals surface area contributed by atoms with Crippen LogP contribution >= 0.6 is 0 Å². The van der Waals surface area contributed by atoms with Gasteiger partial charge in [-0.2, -0.15) is 12.8 Å². The number of benzene rings is 2. The smallest absolute Gasteiger partial charge is 0.493 e. The van der Waals surface area contributed by atoms with Gasteiger partial charge in [-0.25, -0.2) is 4.70 Å². The minimum Gasteiger partial charge on any atom is -0.493 e. The molecule has 65 heavy (non-hydrogen) atoms. The van der Waals surface area contributed by atoms with E-state index in [1.54, 1.807) is 0 Å². The SMILES string of the molecule is CCCCCCc1cc(CCCCCC)cc(C2=C(C)C(CCCCC)=C(c3cc(C)cc(C)c3)[N+]2=[N-])c1.[CH2-]CCCCCCCCCCCC.[CH2-]CCCCCCCCCCCC.[Ni+2]. The predicted octanol–water partition coefficient (Wildman–Crippen LogP) is 21.6. The van der Waals surface area contributed by atoms with Crippen molar-refractivity contribution in [2.24, 2.45) is 0 Å². The van der Waals surface area contributed by atoms with Gasteiger partial charge < -0.3 is 19.4 Å². The Hall–Kier alpha value is -1.99. The fourth-order valence-corrected chi connectivity index (χ4v) is 9.35. The summed E-state index contributed by atoms with van der Waals surface area (Å²) in [6.45, 7) is 25.6. The second-order valence-corrected chi connectivity index (χ2v) is 19.7. The van der Waals surface area contributed by atoms with Gasteiger partial charge in [0.1, 0.15) is 0 Å². The van der Waals surface area contributed by atoms with Crippen LogP contribution in [0.3, 0.4) is 0 Å². The molecule has 3 heteroatoms. The van der Waals surface area contributed by atoms with Crippen molar-refractivity contribution >= 4 is 11.4 Å². The van der Waals surface area contributed by atoms with Crippen LogP contribution in [0, 0.1) is 27.7 Å². The zero-order chi connectivity index (χ0) is 47.0. The monoisotopic (exact) mass is 937 g/mol. The Kier molecular flexibility index (Phi) is 42.0. The third kappa shape index (κ3) is 29.5. The Labute approximate surface area is 417 Å². The molecule has 0 N–H and O–H groups in total. The summed E-state index contributed by atoms with van der Waals surface area (Å²) in [6.07, 6.45) is 47.8. The molecular weight excluding hydrogens is 831 g/mol. The van der Waals surface area contributed by atoms with Crippen LogP contribution in [-0.2, 0) is 29.3 Å². The molecule has 0 spiro atoms. The van der Waals surface area contributed by atoms with Gasteiger partial charge in [0.15, 0.2) is 0 Å². The average molecular weight is 938 g/mol. The topological polar surface area (TPSA) is 25.3 Å². The standard InChI is InChI=1S/C36H52N2.2C13H27.Ni/c1-7-10-13-16-18-30-24-31(19-17-14-11-8-2)26-33(25-30)35-29(6)34(20-15-12-9-3)36(38(35)37)32-22-27(4)21-28(5)23-32;2*1-3-5-7-9-11-13-12-10-8-6-4-2;/h21-26H,7-20H2,1-6H3;2*1,3-13H2,2H3;/q;2*-1;+2. The fourth-order valence-electron chi connectivity index (χ4n) is 9.35. The quantitative estimate of drug-likeness (QED) is 0.0282. The molecule has 1 aliphatic rings. The first kappa shape index (κ1) is 63.0. The third-order valence-corrected chi connectivity index (χ3v) is 13.2. The van der Waals surface area contributed by atoms with E-state index in [4.69, 9.17) is 0 Å². The number of hydrogen-bond acceptors (Lipinski definition) is 0. The fraction of sp³-hybridized carbons (Fsp3) is 0.710. The molecule has 2 aromatic rings. The third-order valence-electron chi connectivity index (χ3n) is 13.2. The van der Waals surface area contributed by atoms with Gasteiger partial charge in [-0.1, -0.05) is 238 Å². The van der Waals surface area contributed by atoms with Gasteiger partial charge in [-0.3, -0.25) is 0 Å². The van der Waals surface area contributed by atoms with Crippen LogP contribution in [0.25, 0.3) is 16.9 Å². The van der Waals surface area contributed by atoms with Crippen molar-refractivity contribution in [1.82, 2.24) is 0 Å². The van der Waals surface area contributed by atoms with Crippen molar-refractivity contribution in [3.63, 3.8) is 0 Å². The largest absolute Gasteiger partial charge is 2.00 e. The molecular formula is C62H106N2Ni. The minimum absolute atomic E-state index is 0. The molecule has 0 saturated carbocycles. The first-order valence-corrected chi connectivity index (χ1v) is 28.0. The van der Waals surface area contributed by atoms with Crippen molar-refractivity contribution < 1.29 is 21.2 Å². The summed E-state index contributed by atoms with van der Waals surface area (Å²) in [5, 5.41) is 0. The van der Waals surface area contributed by atoms with Crippen LogP contribution in [0.4, 0.5) is 0 Å². The van der Waals surface area contributed by atoms with Gasteiger partial charge in [0.25, 0.3) is 0 Å². The molecule has 0 aromatic heterocycles. The van der Waals surface area contributed by atoms with Gasteiger partial charge in [0.2, 0.25) is 11.4 Å². The van der Waals surface area contributed by atoms with E-state index in [-0.39, 0.29) is 16.5 Å². The molecule has 0 radical (unpaired) electrons. The van der Waals surface area contributed by atoms with E-state index in [1.165, 1.54) is 236 Å². The van der Waals surface area contributed by atoms with E-state index >= 15 is 0 Å². The second-order valence-electron chi connectivity index (χ2n) is 19.7. The second kappa shape index (κ2) is 43.3. The molecule has 1 aliphatic heterocycles. The van der Waals surface area contributed by atoms with E-state index in [0.29, 0.717) is 0 Å². The van der Waals surface area contributed by atoms with Gasteiger partial charge in [-0.15, -0.1) is 0 Å². The molecule has 0 atom stereocenters. The van der Waals surface area contributed by atoms with Crippen LogP contribution < -0.4 is 0 Å². The van der Waals surface area contributed by atoms with E-state index in [0.717, 1.165) is 55.5 Å². The van der Waals surface area contributed by atoms with Crippen LogP contribution in [0.2, 0.25) is 0 Å².